The first-order chi connectivity index (χ1) is 10.9. The molecule has 1 aromatic rings. The number of hydrogen-bond donors (Lipinski definition) is 2. The molecule has 0 amide bonds. The molecule has 0 saturated heterocycles. The number of primary sulfonamides is 1. The van der Waals surface area contributed by atoms with Crippen LogP contribution in [0.2, 0.25) is 0 Å². The third kappa shape index (κ3) is 2.66. The molecule has 1 aromatic carbocycles. The second kappa shape index (κ2) is 5.50. The highest BCUT2D eigenvalue weighted by Crippen LogP contribution is 2.41. The molecule has 8 nitrogen and oxygen atoms in total. The maximum atomic E-state index is 12.6. The minimum atomic E-state index is -4.03. The fourth-order valence-electron chi connectivity index (χ4n) is 2.97. The molecule has 2 atom stereocenters. The molecule has 0 saturated carbocycles. The molecule has 0 aromatic heterocycles. The monoisotopic (exact) mass is 339 g/mol. The number of nitrogens with zero attached hydrogens (tertiary/aromatic N) is 1. The molecule has 2 aliphatic heterocycles. The van der Waals surface area contributed by atoms with E-state index in [9.17, 15) is 13.2 Å². The van der Waals surface area contributed by atoms with E-state index in [1.807, 2.05) is 6.92 Å². The van der Waals surface area contributed by atoms with Gasteiger partial charge < -0.3 is 9.47 Å². The van der Waals surface area contributed by atoms with Crippen molar-refractivity contribution < 1.29 is 22.7 Å². The lowest BCUT2D eigenvalue weighted by Gasteiger charge is -2.40. The Bertz CT molecular complexity index is 769. The van der Waals surface area contributed by atoms with Gasteiger partial charge >= 0.3 is 0 Å². The third-order valence-electron chi connectivity index (χ3n) is 3.94. The number of Topliss-reactive ketones (excluding diaryl/α,β-unsaturated/α-hetero) is 1. The fourth-order valence-corrected chi connectivity index (χ4v) is 3.65. The van der Waals surface area contributed by atoms with Gasteiger partial charge in [0.05, 0.1) is 12.0 Å². The molecule has 2 aliphatic rings. The Morgan fingerprint density at radius 3 is 2.87 bits per heavy atom. The van der Waals surface area contributed by atoms with Crippen LogP contribution >= 0.6 is 0 Å². The highest BCUT2D eigenvalue weighted by Gasteiger charge is 2.49. The Morgan fingerprint density at radius 1 is 1.48 bits per heavy atom. The van der Waals surface area contributed by atoms with Crippen molar-refractivity contribution in [1.82, 2.24) is 5.43 Å². The van der Waals surface area contributed by atoms with Crippen LogP contribution in [0.4, 0.5) is 0 Å². The number of hydrazone groups is 1. The summed E-state index contributed by atoms with van der Waals surface area (Å²) in [6.45, 7) is 1.94. The zero-order valence-corrected chi connectivity index (χ0v) is 13.3. The number of fused-ring (bicyclic) bond motifs is 1. The summed E-state index contributed by atoms with van der Waals surface area (Å²) in [5, 5.41) is 9.04. The Hall–Kier alpha value is -2.13. The summed E-state index contributed by atoms with van der Waals surface area (Å²) < 4.78 is 35.0. The molecule has 2 heterocycles. The van der Waals surface area contributed by atoms with E-state index < -0.39 is 21.9 Å². The lowest BCUT2D eigenvalue weighted by Crippen LogP contribution is -2.56. The van der Waals surface area contributed by atoms with Crippen LogP contribution < -0.4 is 15.3 Å². The van der Waals surface area contributed by atoms with Gasteiger partial charge in [-0.2, -0.15) is 0 Å². The van der Waals surface area contributed by atoms with E-state index >= 15 is 0 Å². The maximum absolute atomic E-state index is 12.6. The second-order valence-corrected chi connectivity index (χ2v) is 7.10. The molecule has 0 spiro atoms. The van der Waals surface area contributed by atoms with Crippen molar-refractivity contribution in [3.05, 3.63) is 23.8 Å². The topological polar surface area (TPSA) is 120 Å². The molecule has 9 heteroatoms. The van der Waals surface area contributed by atoms with Gasteiger partial charge in [0.15, 0.2) is 23.5 Å². The van der Waals surface area contributed by atoms with Gasteiger partial charge in [-0.25, -0.2) is 13.6 Å². The average Bonchev–Trinajstić information content (AvgIpc) is 3.01. The largest absolute Gasteiger partial charge is 0.479 e. The van der Waals surface area contributed by atoms with Gasteiger partial charge in [0.2, 0.25) is 16.3 Å². The first-order valence-electron chi connectivity index (χ1n) is 7.18. The van der Waals surface area contributed by atoms with Crippen molar-refractivity contribution in [2.24, 2.45) is 10.2 Å². The minimum absolute atomic E-state index is 0.0167. The number of carbonyl (C=O) groups excluding carboxylic acids is 1. The number of para-hydroxylation sites is 1. The molecule has 3 rings (SSSR count). The van der Waals surface area contributed by atoms with Crippen molar-refractivity contribution in [2.45, 2.75) is 42.9 Å². The highest BCUT2D eigenvalue weighted by atomic mass is 32.2. The normalized spacial score (nSPS) is 26.2. The lowest BCUT2D eigenvalue weighted by molar-refractivity contribution is -0.0624. The number of benzene rings is 1. The van der Waals surface area contributed by atoms with Gasteiger partial charge in [-0.15, -0.1) is 5.10 Å². The van der Waals surface area contributed by atoms with Crippen LogP contribution in [0.25, 0.3) is 0 Å². The predicted octanol–water partition coefficient (Wildman–Crippen LogP) is 0.727. The summed E-state index contributed by atoms with van der Waals surface area (Å²) in [6, 6.07) is 4.32. The van der Waals surface area contributed by atoms with Gasteiger partial charge in [0.25, 0.3) is 0 Å². The molecule has 0 aliphatic carbocycles. The van der Waals surface area contributed by atoms with Crippen LogP contribution in [0.5, 0.6) is 5.75 Å². The van der Waals surface area contributed by atoms with Crippen LogP contribution in [0.3, 0.4) is 0 Å². The number of rotatable bonds is 4. The van der Waals surface area contributed by atoms with E-state index in [-0.39, 0.29) is 28.4 Å². The van der Waals surface area contributed by atoms with Gasteiger partial charge in [0.1, 0.15) is 4.90 Å². The van der Waals surface area contributed by atoms with Gasteiger partial charge in [0, 0.05) is 0 Å². The maximum Gasteiger partial charge on any atom is 0.241 e. The van der Waals surface area contributed by atoms with Crippen LogP contribution in [0.1, 0.15) is 36.5 Å². The zero-order valence-electron chi connectivity index (χ0n) is 12.5. The zero-order chi connectivity index (χ0) is 16.7. The highest BCUT2D eigenvalue weighted by molar-refractivity contribution is 7.89. The standard InChI is InChI=1S/C14H17N3O5S/c1-2-6-14(13-17-16-8-21-13)7-10(18)9-4-3-5-11(12(9)22-14)23(15,19)20/h3-5,8,13,17H,2,6-7H2,1H3,(H2,15,19,20). The van der Waals surface area contributed by atoms with Crippen molar-refractivity contribution in [2.75, 3.05) is 0 Å². The van der Waals surface area contributed by atoms with Gasteiger partial charge in [-0.3, -0.25) is 10.2 Å². The summed E-state index contributed by atoms with van der Waals surface area (Å²) in [6.07, 6.45) is 1.81. The quantitative estimate of drug-likeness (QED) is 0.834. The summed E-state index contributed by atoms with van der Waals surface area (Å²) >= 11 is 0. The Labute approximate surface area is 133 Å². The van der Waals surface area contributed by atoms with E-state index in [0.29, 0.717) is 12.8 Å². The number of ketones is 1. The molecule has 0 fully saturated rings. The molecule has 124 valence electrons. The van der Waals surface area contributed by atoms with Gasteiger partial charge in [-0.05, 0) is 18.6 Å². The molecule has 3 N–H and O–H groups in total. The average molecular weight is 339 g/mol. The van der Waals surface area contributed by atoms with E-state index in [1.54, 1.807) is 0 Å². The smallest absolute Gasteiger partial charge is 0.241 e. The van der Waals surface area contributed by atoms with Crippen molar-refractivity contribution in [3.63, 3.8) is 0 Å². The molecule has 0 radical (unpaired) electrons. The van der Waals surface area contributed by atoms with Crippen LogP contribution in [0.15, 0.2) is 28.2 Å². The fraction of sp³-hybridized carbons (Fsp3) is 0.429. The Morgan fingerprint density at radius 2 is 2.26 bits per heavy atom. The minimum Gasteiger partial charge on any atom is -0.479 e. The van der Waals surface area contributed by atoms with E-state index in [2.05, 4.69) is 10.5 Å². The predicted molar refractivity (Wildman–Crippen MR) is 81.5 cm³/mol. The lowest BCUT2D eigenvalue weighted by atomic mass is 9.85. The number of sulfonamides is 1. The molecular weight excluding hydrogens is 322 g/mol. The Kier molecular flexibility index (Phi) is 3.77. The SMILES string of the molecule is CCCC1(C2NN=CO2)CC(=O)c2cccc(S(N)(=O)=O)c2O1. The number of nitrogens with two attached hydrogens (primary N) is 1. The number of carbonyl (C=O) groups is 1. The van der Waals surface area contributed by atoms with Crippen LogP contribution in [-0.4, -0.2) is 32.4 Å². The summed E-state index contributed by atoms with van der Waals surface area (Å²) in [7, 11) is -4.03. The molecule has 23 heavy (non-hydrogen) atoms. The van der Waals surface area contributed by atoms with Crippen molar-refractivity contribution in [1.29, 1.82) is 0 Å². The van der Waals surface area contributed by atoms with E-state index in [0.717, 1.165) is 0 Å². The molecule has 0 bridgehead atoms. The first kappa shape index (κ1) is 15.8. The van der Waals surface area contributed by atoms with Crippen LogP contribution in [0, 0.1) is 0 Å². The van der Waals surface area contributed by atoms with Crippen molar-refractivity contribution in [3.8, 4) is 5.75 Å². The number of hydrogen-bond acceptors (Lipinski definition) is 7. The third-order valence-corrected chi connectivity index (χ3v) is 4.88. The summed E-state index contributed by atoms with van der Waals surface area (Å²) in [5.74, 6) is -0.237. The first-order valence-corrected chi connectivity index (χ1v) is 8.72. The van der Waals surface area contributed by atoms with E-state index in [1.165, 1.54) is 24.6 Å². The second-order valence-electron chi connectivity index (χ2n) is 5.57. The number of nitrogens with one attached hydrogen (secondary N) is 1. The van der Waals surface area contributed by atoms with Gasteiger partial charge in [-0.1, -0.05) is 19.4 Å². The van der Waals surface area contributed by atoms with E-state index in [4.69, 9.17) is 14.6 Å². The number of ether oxygens (including phenoxy) is 2. The summed E-state index contributed by atoms with van der Waals surface area (Å²) in [5.41, 5.74) is 1.92. The molecular formula is C14H17N3O5S. The summed E-state index contributed by atoms with van der Waals surface area (Å²) in [4.78, 5) is 12.4. The Balaban J connectivity index is 2.12. The molecule has 2 unspecified atom stereocenters. The van der Waals surface area contributed by atoms with Crippen LogP contribution in [-0.2, 0) is 14.8 Å². The van der Waals surface area contributed by atoms with Crippen molar-refractivity contribution >= 4 is 22.2 Å².